The van der Waals surface area contributed by atoms with Crippen LogP contribution >= 0.6 is 0 Å². The summed E-state index contributed by atoms with van der Waals surface area (Å²) < 4.78 is 34.2. The third kappa shape index (κ3) is 3.27. The first-order chi connectivity index (χ1) is 11.0. The van der Waals surface area contributed by atoms with Gasteiger partial charge in [-0.1, -0.05) is 12.1 Å². The smallest absolute Gasteiger partial charge is 0.243 e. The molecule has 0 aliphatic rings. The second-order valence-electron chi connectivity index (χ2n) is 5.29. The Labute approximate surface area is 134 Å². The van der Waals surface area contributed by atoms with Gasteiger partial charge in [0.05, 0.1) is 11.9 Å². The molecule has 1 aromatic carbocycles. The van der Waals surface area contributed by atoms with E-state index < -0.39 is 10.0 Å². The molecule has 3 aromatic rings. The van der Waals surface area contributed by atoms with Crippen molar-refractivity contribution in [2.45, 2.75) is 24.7 Å². The first-order valence-corrected chi connectivity index (χ1v) is 8.78. The van der Waals surface area contributed by atoms with Crippen LogP contribution in [-0.2, 0) is 23.5 Å². The van der Waals surface area contributed by atoms with E-state index in [0.29, 0.717) is 31.0 Å². The summed E-state index contributed by atoms with van der Waals surface area (Å²) in [7, 11) is -1.82. The highest BCUT2D eigenvalue weighted by Crippen LogP contribution is 2.16. The summed E-state index contributed by atoms with van der Waals surface area (Å²) in [6, 6.07) is 7.54. The largest absolute Gasteiger partial charge is 0.441 e. The Balaban J connectivity index is 1.58. The first-order valence-electron chi connectivity index (χ1n) is 7.30. The highest BCUT2D eigenvalue weighted by atomic mass is 32.2. The molecular weight excluding hydrogens is 316 g/mol. The fourth-order valence-corrected chi connectivity index (χ4v) is 3.57. The Morgan fingerprint density at radius 2 is 2.09 bits per heavy atom. The van der Waals surface area contributed by atoms with E-state index in [2.05, 4.69) is 14.8 Å². The zero-order valence-corrected chi connectivity index (χ0v) is 13.8. The quantitative estimate of drug-likeness (QED) is 0.694. The molecule has 0 spiro atoms. The number of hydrogen-bond donors (Lipinski definition) is 1. The molecule has 0 bridgehead atoms. The Hall–Kier alpha value is -2.19. The maximum absolute atomic E-state index is 12.2. The van der Waals surface area contributed by atoms with Crippen molar-refractivity contribution in [2.75, 3.05) is 6.54 Å². The van der Waals surface area contributed by atoms with Gasteiger partial charge in [-0.25, -0.2) is 18.1 Å². The number of nitrogens with zero attached hydrogens (tertiary/aromatic N) is 3. The number of fused-ring (bicyclic) bond motifs is 1. The molecule has 0 aliphatic heterocycles. The SMILES string of the molecule is Cc1c(S(=O)(=O)NCCCc2nc3ccccc3o2)cnn1C. The van der Waals surface area contributed by atoms with Crippen molar-refractivity contribution in [1.82, 2.24) is 19.5 Å². The summed E-state index contributed by atoms with van der Waals surface area (Å²) in [4.78, 5) is 4.58. The van der Waals surface area contributed by atoms with E-state index in [-0.39, 0.29) is 4.90 Å². The Bertz CT molecular complexity index is 894. The molecule has 3 rings (SSSR count). The summed E-state index contributed by atoms with van der Waals surface area (Å²) in [5.74, 6) is 0.614. The van der Waals surface area contributed by atoms with Gasteiger partial charge in [0.25, 0.3) is 0 Å². The topological polar surface area (TPSA) is 90.0 Å². The van der Waals surface area contributed by atoms with Crippen molar-refractivity contribution in [2.24, 2.45) is 7.05 Å². The molecule has 8 heteroatoms. The average Bonchev–Trinajstić information content (AvgIpc) is 3.08. The van der Waals surface area contributed by atoms with Crippen molar-refractivity contribution in [1.29, 1.82) is 0 Å². The van der Waals surface area contributed by atoms with Gasteiger partial charge in [-0.05, 0) is 25.5 Å². The van der Waals surface area contributed by atoms with Crippen LogP contribution in [0.1, 0.15) is 18.0 Å². The van der Waals surface area contributed by atoms with Crippen LogP contribution in [0.25, 0.3) is 11.1 Å². The molecule has 0 aliphatic carbocycles. The summed E-state index contributed by atoms with van der Waals surface area (Å²) >= 11 is 0. The minimum Gasteiger partial charge on any atom is -0.441 e. The lowest BCUT2D eigenvalue weighted by Gasteiger charge is -2.05. The molecule has 1 N–H and O–H groups in total. The van der Waals surface area contributed by atoms with Crippen LogP contribution in [0.5, 0.6) is 0 Å². The molecule has 122 valence electrons. The summed E-state index contributed by atoms with van der Waals surface area (Å²) in [6.45, 7) is 2.04. The fourth-order valence-electron chi connectivity index (χ4n) is 2.29. The van der Waals surface area contributed by atoms with Crippen molar-refractivity contribution in [3.05, 3.63) is 42.0 Å². The number of rotatable bonds is 6. The average molecular weight is 334 g/mol. The van der Waals surface area contributed by atoms with Crippen molar-refractivity contribution in [3.63, 3.8) is 0 Å². The number of aryl methyl sites for hydroxylation is 2. The second kappa shape index (κ2) is 6.13. The Kier molecular flexibility index (Phi) is 4.18. The monoisotopic (exact) mass is 334 g/mol. The van der Waals surface area contributed by atoms with Crippen molar-refractivity contribution < 1.29 is 12.8 Å². The van der Waals surface area contributed by atoms with E-state index in [1.807, 2.05) is 24.3 Å². The molecular formula is C15H18N4O3S. The number of sulfonamides is 1. The van der Waals surface area contributed by atoms with Crippen LogP contribution in [-0.4, -0.2) is 29.7 Å². The van der Waals surface area contributed by atoms with E-state index in [9.17, 15) is 8.42 Å². The lowest BCUT2D eigenvalue weighted by Crippen LogP contribution is -2.25. The van der Waals surface area contributed by atoms with Gasteiger partial charge < -0.3 is 4.42 Å². The molecule has 0 fully saturated rings. The number of nitrogens with one attached hydrogen (secondary N) is 1. The third-order valence-corrected chi connectivity index (χ3v) is 5.24. The molecule has 0 unspecified atom stereocenters. The van der Waals surface area contributed by atoms with E-state index >= 15 is 0 Å². The van der Waals surface area contributed by atoms with Crippen LogP contribution in [0.2, 0.25) is 0 Å². The molecule has 0 amide bonds. The number of oxazole rings is 1. The molecule has 7 nitrogen and oxygen atoms in total. The van der Waals surface area contributed by atoms with Crippen LogP contribution in [0.4, 0.5) is 0 Å². The van der Waals surface area contributed by atoms with Gasteiger partial charge in [-0.3, -0.25) is 4.68 Å². The predicted molar refractivity (Wildman–Crippen MR) is 85.5 cm³/mol. The van der Waals surface area contributed by atoms with Gasteiger partial charge in [-0.2, -0.15) is 5.10 Å². The van der Waals surface area contributed by atoms with Crippen LogP contribution in [0.15, 0.2) is 39.8 Å². The normalized spacial score (nSPS) is 12.1. The summed E-state index contributed by atoms with van der Waals surface area (Å²) in [6.07, 6.45) is 2.53. The zero-order chi connectivity index (χ0) is 16.4. The van der Waals surface area contributed by atoms with Gasteiger partial charge in [-0.15, -0.1) is 0 Å². The van der Waals surface area contributed by atoms with E-state index in [0.717, 1.165) is 11.1 Å². The number of hydrogen-bond acceptors (Lipinski definition) is 5. The fraction of sp³-hybridized carbons (Fsp3) is 0.333. The van der Waals surface area contributed by atoms with Crippen LogP contribution < -0.4 is 4.72 Å². The molecule has 2 heterocycles. The van der Waals surface area contributed by atoms with Gasteiger partial charge >= 0.3 is 0 Å². The number of benzene rings is 1. The maximum atomic E-state index is 12.2. The first kappa shape index (κ1) is 15.7. The number of aromatic nitrogens is 3. The van der Waals surface area contributed by atoms with Gasteiger partial charge in [0.1, 0.15) is 10.4 Å². The molecule has 0 saturated carbocycles. The predicted octanol–water partition coefficient (Wildman–Crippen LogP) is 1.78. The van der Waals surface area contributed by atoms with E-state index in [4.69, 9.17) is 4.42 Å². The minimum absolute atomic E-state index is 0.210. The molecule has 0 saturated heterocycles. The van der Waals surface area contributed by atoms with Crippen LogP contribution in [0, 0.1) is 6.92 Å². The highest BCUT2D eigenvalue weighted by molar-refractivity contribution is 7.89. The third-order valence-electron chi connectivity index (χ3n) is 3.68. The van der Waals surface area contributed by atoms with E-state index in [1.165, 1.54) is 10.9 Å². The Morgan fingerprint density at radius 1 is 1.30 bits per heavy atom. The minimum atomic E-state index is -3.53. The highest BCUT2D eigenvalue weighted by Gasteiger charge is 2.19. The number of para-hydroxylation sites is 2. The molecule has 2 aromatic heterocycles. The van der Waals surface area contributed by atoms with Gasteiger partial charge in [0.2, 0.25) is 10.0 Å². The summed E-state index contributed by atoms with van der Waals surface area (Å²) in [5, 5.41) is 3.96. The van der Waals surface area contributed by atoms with E-state index in [1.54, 1.807) is 14.0 Å². The molecule has 0 atom stereocenters. The summed E-state index contributed by atoms with van der Waals surface area (Å²) in [5.41, 5.74) is 2.17. The lowest BCUT2D eigenvalue weighted by atomic mass is 10.3. The second-order valence-corrected chi connectivity index (χ2v) is 7.03. The Morgan fingerprint density at radius 3 is 2.78 bits per heavy atom. The van der Waals surface area contributed by atoms with Crippen molar-refractivity contribution in [3.8, 4) is 0 Å². The molecule has 0 radical (unpaired) electrons. The van der Waals surface area contributed by atoms with Gasteiger partial charge in [0.15, 0.2) is 11.5 Å². The van der Waals surface area contributed by atoms with Crippen molar-refractivity contribution >= 4 is 21.1 Å². The maximum Gasteiger partial charge on any atom is 0.243 e. The molecule has 23 heavy (non-hydrogen) atoms. The standard InChI is InChI=1S/C15H18N4O3S/c1-11-14(10-16-19(11)2)23(20,21)17-9-5-8-15-18-12-6-3-4-7-13(12)22-15/h3-4,6-7,10,17H,5,8-9H2,1-2H3. The lowest BCUT2D eigenvalue weighted by molar-refractivity contribution is 0.516. The van der Waals surface area contributed by atoms with Crippen LogP contribution in [0.3, 0.4) is 0 Å². The van der Waals surface area contributed by atoms with Gasteiger partial charge in [0, 0.05) is 20.0 Å². The zero-order valence-electron chi connectivity index (χ0n) is 13.0.